The first kappa shape index (κ1) is 41.6. The lowest BCUT2D eigenvalue weighted by molar-refractivity contribution is -0.144. The number of ketones is 1. The quantitative estimate of drug-likeness (QED) is 0.176. The van der Waals surface area contributed by atoms with Gasteiger partial charge in [0.2, 0.25) is 27.6 Å². The maximum absolute atomic E-state index is 14.9. The largest absolute Gasteiger partial charge is 0.347 e. The second kappa shape index (κ2) is 17.1. The van der Waals surface area contributed by atoms with Crippen molar-refractivity contribution in [2.24, 2.45) is 29.1 Å². The molecular weight excluding hydrogens is 709 g/mol. The SMILES string of the molecule is CCN(C[C@@H](NC(=O)N[C@H](C(=O)N1CCC(C(C)C)[C@H]1C(=O)NC(CC1CC1)C(=O)C(=O)NC1CC1)C1Cc2ccccc2C1)C(C)(C)C)S(=O)(=O)CC. The molecule has 0 aromatic heterocycles. The van der Waals surface area contributed by atoms with Crippen molar-refractivity contribution in [2.75, 3.05) is 25.4 Å². The average Bonchev–Trinajstić information content (AvgIpc) is 4.03. The van der Waals surface area contributed by atoms with Gasteiger partial charge in [0, 0.05) is 31.7 Å². The summed E-state index contributed by atoms with van der Waals surface area (Å²) >= 11 is 0. The summed E-state index contributed by atoms with van der Waals surface area (Å²) in [4.78, 5) is 71.0. The molecule has 14 heteroatoms. The summed E-state index contributed by atoms with van der Waals surface area (Å²) in [5.41, 5.74) is 1.67. The molecule has 0 bridgehead atoms. The number of amides is 5. The van der Waals surface area contributed by atoms with Crippen molar-refractivity contribution in [1.29, 1.82) is 0 Å². The molecule has 1 aromatic rings. The highest BCUT2D eigenvalue weighted by atomic mass is 32.2. The third-order valence-corrected chi connectivity index (χ3v) is 13.8. The van der Waals surface area contributed by atoms with Crippen LogP contribution in [0.25, 0.3) is 0 Å². The van der Waals surface area contributed by atoms with Crippen LogP contribution in [0.2, 0.25) is 0 Å². The number of carbonyl (C=O) groups excluding carboxylic acids is 5. The van der Waals surface area contributed by atoms with Gasteiger partial charge in [-0.1, -0.05) is 78.6 Å². The first-order valence-electron chi connectivity index (χ1n) is 20.0. The number of benzene rings is 1. The number of urea groups is 1. The van der Waals surface area contributed by atoms with Gasteiger partial charge in [-0.25, -0.2) is 17.5 Å². The Balaban J connectivity index is 1.40. The van der Waals surface area contributed by atoms with E-state index in [0.29, 0.717) is 32.2 Å². The minimum atomic E-state index is -3.52. The summed E-state index contributed by atoms with van der Waals surface area (Å²) in [7, 11) is -3.52. The van der Waals surface area contributed by atoms with Crippen molar-refractivity contribution in [3.63, 3.8) is 0 Å². The van der Waals surface area contributed by atoms with Crippen LogP contribution in [0.4, 0.5) is 4.79 Å². The third kappa shape index (κ3) is 10.2. The van der Waals surface area contributed by atoms with Crippen LogP contribution in [0.5, 0.6) is 0 Å². The topological polar surface area (TPSA) is 174 Å². The van der Waals surface area contributed by atoms with E-state index < -0.39 is 63.2 Å². The Morgan fingerprint density at radius 1 is 0.907 bits per heavy atom. The Morgan fingerprint density at radius 2 is 1.54 bits per heavy atom. The fourth-order valence-electron chi connectivity index (χ4n) is 8.01. The molecule has 5 rings (SSSR count). The highest BCUT2D eigenvalue weighted by molar-refractivity contribution is 7.89. The highest BCUT2D eigenvalue weighted by Gasteiger charge is 2.48. The molecular formula is C40H62N6O7S. The second-order valence-corrected chi connectivity index (χ2v) is 19.6. The molecule has 1 heterocycles. The molecule has 2 unspecified atom stereocenters. The standard InChI is InChI=1S/C40H62N6O7S/c1-8-45(54(52,53)9-2)23-32(40(5,6)7)43-39(51)44-33(28-21-26-12-10-11-13-27(26)22-28)38(50)46-19-18-30(24(3)4)34(46)36(48)42-31(20-25-14-15-25)35(47)37(49)41-29-16-17-29/h10-13,24-25,28-34H,8-9,14-23H2,1-7H3,(H,41,49)(H,42,48)(H2,43,44,51)/t30?,31?,32-,33+,34+/m1/s1. The number of fused-ring (bicyclic) bond motifs is 1. The summed E-state index contributed by atoms with van der Waals surface area (Å²) in [6.07, 6.45) is 5.61. The molecule has 1 saturated heterocycles. The first-order valence-corrected chi connectivity index (χ1v) is 21.6. The van der Waals surface area contributed by atoms with Crippen LogP contribution in [0.1, 0.15) is 98.1 Å². The maximum atomic E-state index is 14.9. The van der Waals surface area contributed by atoms with Gasteiger partial charge in [0.25, 0.3) is 5.91 Å². The van der Waals surface area contributed by atoms with Crippen molar-refractivity contribution >= 4 is 39.6 Å². The lowest BCUT2D eigenvalue weighted by atomic mass is 9.86. The summed E-state index contributed by atoms with van der Waals surface area (Å²) in [5.74, 6) is -2.43. The van der Waals surface area contributed by atoms with Crippen molar-refractivity contribution in [2.45, 2.75) is 130 Å². The Morgan fingerprint density at radius 3 is 2.06 bits per heavy atom. The minimum absolute atomic E-state index is 0.00369. The monoisotopic (exact) mass is 770 g/mol. The van der Waals surface area contributed by atoms with Gasteiger partial charge in [0.05, 0.1) is 11.8 Å². The second-order valence-electron chi connectivity index (χ2n) is 17.3. The molecule has 0 radical (unpaired) electrons. The van der Waals surface area contributed by atoms with E-state index in [9.17, 15) is 32.4 Å². The normalized spacial score (nSPS) is 22.1. The lowest BCUT2D eigenvalue weighted by Gasteiger charge is -2.37. The van der Waals surface area contributed by atoms with Gasteiger partial charge in [-0.15, -0.1) is 0 Å². The fourth-order valence-corrected chi connectivity index (χ4v) is 9.14. The van der Waals surface area contributed by atoms with E-state index in [2.05, 4.69) is 21.3 Å². The molecule has 13 nitrogen and oxygen atoms in total. The number of rotatable bonds is 17. The number of likely N-dealkylation sites (tertiary alicyclic amines) is 1. The van der Waals surface area contributed by atoms with Gasteiger partial charge in [0.1, 0.15) is 12.1 Å². The third-order valence-electron chi connectivity index (χ3n) is 11.8. The molecule has 1 aromatic carbocycles. The maximum Gasteiger partial charge on any atom is 0.315 e. The van der Waals surface area contributed by atoms with Crippen LogP contribution < -0.4 is 21.3 Å². The van der Waals surface area contributed by atoms with Crippen LogP contribution in [-0.4, -0.2) is 103 Å². The van der Waals surface area contributed by atoms with Gasteiger partial charge < -0.3 is 26.2 Å². The zero-order valence-electron chi connectivity index (χ0n) is 33.2. The number of hydrogen-bond acceptors (Lipinski definition) is 7. The Hall–Kier alpha value is -3.52. The predicted molar refractivity (Wildman–Crippen MR) is 207 cm³/mol. The van der Waals surface area contributed by atoms with Gasteiger partial charge >= 0.3 is 6.03 Å². The number of sulfonamides is 1. The molecule has 4 N–H and O–H groups in total. The highest BCUT2D eigenvalue weighted by Crippen LogP contribution is 2.36. The first-order chi connectivity index (χ1) is 25.4. The van der Waals surface area contributed by atoms with Gasteiger partial charge in [-0.05, 0) is 85.7 Å². The summed E-state index contributed by atoms with van der Waals surface area (Å²) in [5, 5.41) is 11.7. The molecule has 0 spiro atoms. The molecule has 300 valence electrons. The Kier molecular flexibility index (Phi) is 13.2. The smallest absolute Gasteiger partial charge is 0.315 e. The molecule has 5 atom stereocenters. The van der Waals surface area contributed by atoms with Crippen LogP contribution in [-0.2, 0) is 42.0 Å². The van der Waals surface area contributed by atoms with E-state index in [-0.39, 0.29) is 54.5 Å². The number of nitrogens with one attached hydrogen (secondary N) is 4. The zero-order chi connectivity index (χ0) is 39.5. The number of hydrogen-bond donors (Lipinski definition) is 4. The Labute approximate surface area is 321 Å². The van der Waals surface area contributed by atoms with Crippen molar-refractivity contribution in [1.82, 2.24) is 30.5 Å². The number of likely N-dealkylation sites (N-methyl/N-ethyl adjacent to an activating group) is 1. The van der Waals surface area contributed by atoms with Crippen LogP contribution >= 0.6 is 0 Å². The number of Topliss-reactive ketones (excluding diaryl/α,β-unsaturated/α-hetero) is 1. The molecule has 3 fully saturated rings. The van der Waals surface area contributed by atoms with Crippen LogP contribution in [0.15, 0.2) is 24.3 Å². The average molecular weight is 771 g/mol. The van der Waals surface area contributed by atoms with Crippen molar-refractivity contribution in [3.05, 3.63) is 35.4 Å². The van der Waals surface area contributed by atoms with Crippen molar-refractivity contribution in [3.8, 4) is 0 Å². The van der Waals surface area contributed by atoms with E-state index in [4.69, 9.17) is 0 Å². The molecule has 3 aliphatic carbocycles. The van der Waals surface area contributed by atoms with E-state index in [1.165, 1.54) is 4.31 Å². The molecule has 54 heavy (non-hydrogen) atoms. The number of nitrogens with zero attached hydrogens (tertiary/aromatic N) is 2. The minimum Gasteiger partial charge on any atom is -0.347 e. The van der Waals surface area contributed by atoms with Gasteiger partial charge in [-0.3, -0.25) is 19.2 Å². The van der Waals surface area contributed by atoms with E-state index >= 15 is 0 Å². The van der Waals surface area contributed by atoms with Gasteiger partial charge in [-0.2, -0.15) is 0 Å². The zero-order valence-corrected chi connectivity index (χ0v) is 34.0. The molecule has 5 amide bonds. The lowest BCUT2D eigenvalue weighted by Crippen LogP contribution is -2.61. The number of carbonyl (C=O) groups is 5. The Bertz CT molecular complexity index is 1640. The predicted octanol–water partition coefficient (Wildman–Crippen LogP) is 3.16. The van der Waals surface area contributed by atoms with E-state index in [1.54, 1.807) is 18.7 Å². The van der Waals surface area contributed by atoms with Gasteiger partial charge in [0.15, 0.2) is 0 Å². The van der Waals surface area contributed by atoms with Crippen LogP contribution in [0, 0.1) is 29.1 Å². The fraction of sp³-hybridized carbons (Fsp3) is 0.725. The molecule has 1 aliphatic heterocycles. The van der Waals surface area contributed by atoms with Crippen LogP contribution in [0.3, 0.4) is 0 Å². The van der Waals surface area contributed by atoms with Crippen molar-refractivity contribution < 1.29 is 32.4 Å². The summed E-state index contributed by atoms with van der Waals surface area (Å²) in [6.45, 7) is 13.8. The van der Waals surface area contributed by atoms with E-state index in [0.717, 1.165) is 36.8 Å². The summed E-state index contributed by atoms with van der Waals surface area (Å²) in [6, 6.07) is 3.92. The van der Waals surface area contributed by atoms with E-state index in [1.807, 2.05) is 58.9 Å². The summed E-state index contributed by atoms with van der Waals surface area (Å²) < 4.78 is 27.1. The molecule has 2 saturated carbocycles. The molecule has 4 aliphatic rings.